The van der Waals surface area contributed by atoms with Crippen LogP contribution in [0.1, 0.15) is 11.1 Å². The van der Waals surface area contributed by atoms with Crippen LogP contribution < -0.4 is 10.2 Å². The second-order valence-corrected chi connectivity index (χ2v) is 5.97. The smallest absolute Gasteiger partial charge is 0.261 e. The lowest BCUT2D eigenvalue weighted by molar-refractivity contribution is 0.601. The Morgan fingerprint density at radius 1 is 1.20 bits per heavy atom. The predicted octanol–water partition coefficient (Wildman–Crippen LogP) is 1.46. The van der Waals surface area contributed by atoms with E-state index in [-0.39, 0.29) is 10.6 Å². The van der Waals surface area contributed by atoms with Crippen molar-refractivity contribution in [2.24, 2.45) is 0 Å². The van der Waals surface area contributed by atoms with Gasteiger partial charge in [0.05, 0.1) is 16.5 Å². The molecule has 2 aromatic carbocycles. The summed E-state index contributed by atoms with van der Waals surface area (Å²) in [5, 5.41) is 8.92. The monoisotopic (exact) mass is 282 g/mol. The molecule has 2 rings (SSSR count). The highest BCUT2D eigenvalue weighted by atomic mass is 32.2. The molecule has 4 nitrogen and oxygen atoms in total. The van der Waals surface area contributed by atoms with Gasteiger partial charge in [-0.25, -0.2) is 8.42 Å². The summed E-state index contributed by atoms with van der Waals surface area (Å²) in [6.07, 6.45) is 0. The van der Waals surface area contributed by atoms with Crippen molar-refractivity contribution in [2.45, 2.75) is 11.8 Å². The number of sulfonamides is 1. The molecule has 0 heterocycles. The Kier molecular flexibility index (Phi) is 3.82. The fourth-order valence-corrected chi connectivity index (χ4v) is 2.84. The highest BCUT2D eigenvalue weighted by molar-refractivity contribution is 7.92. The third-order valence-corrected chi connectivity index (χ3v) is 4.20. The molecule has 2 radical (unpaired) electrons. The lowest BCUT2D eigenvalue weighted by Crippen LogP contribution is -2.21. The average Bonchev–Trinajstić information content (AvgIpc) is 2.44. The van der Waals surface area contributed by atoms with Gasteiger partial charge in [-0.05, 0) is 31.2 Å². The van der Waals surface area contributed by atoms with Crippen LogP contribution in [0.25, 0.3) is 0 Å². The van der Waals surface area contributed by atoms with Gasteiger partial charge in [-0.15, -0.1) is 0 Å². The molecule has 98 valence electrons. The predicted molar refractivity (Wildman–Crippen MR) is 78.5 cm³/mol. The van der Waals surface area contributed by atoms with E-state index in [1.165, 1.54) is 18.2 Å². The minimum atomic E-state index is -3.72. The van der Waals surface area contributed by atoms with Gasteiger partial charge in [-0.1, -0.05) is 29.2 Å². The maximum Gasteiger partial charge on any atom is 0.261 e. The van der Waals surface area contributed by atoms with Gasteiger partial charge < -0.3 is 0 Å². The first-order valence-corrected chi connectivity index (χ1v) is 7.30. The molecule has 0 aliphatic carbocycles. The van der Waals surface area contributed by atoms with Gasteiger partial charge in [-0.3, -0.25) is 4.72 Å². The molecular formula is C14H11BN2O2S. The van der Waals surface area contributed by atoms with E-state index in [2.05, 4.69) is 4.72 Å². The van der Waals surface area contributed by atoms with Crippen LogP contribution in [0.3, 0.4) is 0 Å². The van der Waals surface area contributed by atoms with E-state index in [1.807, 2.05) is 6.07 Å². The van der Waals surface area contributed by atoms with Gasteiger partial charge >= 0.3 is 0 Å². The molecule has 0 aliphatic rings. The Balaban J connectivity index is 2.45. The molecule has 20 heavy (non-hydrogen) atoms. The molecule has 2 aromatic rings. The number of nitrogens with zero attached hydrogens (tertiary/aromatic N) is 1. The molecule has 0 aromatic heterocycles. The van der Waals surface area contributed by atoms with Crippen molar-refractivity contribution in [3.63, 3.8) is 0 Å². The lowest BCUT2D eigenvalue weighted by Gasteiger charge is -2.13. The maximum absolute atomic E-state index is 12.2. The molecule has 1 N–H and O–H groups in total. The van der Waals surface area contributed by atoms with Crippen molar-refractivity contribution in [2.75, 3.05) is 4.72 Å². The zero-order valence-electron chi connectivity index (χ0n) is 10.8. The van der Waals surface area contributed by atoms with E-state index in [1.54, 1.807) is 31.2 Å². The first-order chi connectivity index (χ1) is 9.44. The fourth-order valence-electron chi connectivity index (χ4n) is 1.75. The van der Waals surface area contributed by atoms with Crippen LogP contribution >= 0.6 is 0 Å². The van der Waals surface area contributed by atoms with Gasteiger partial charge in [0, 0.05) is 5.69 Å². The summed E-state index contributed by atoms with van der Waals surface area (Å²) in [4.78, 5) is 0.138. The molecule has 0 saturated carbocycles. The van der Waals surface area contributed by atoms with Crippen molar-refractivity contribution in [1.82, 2.24) is 0 Å². The van der Waals surface area contributed by atoms with Crippen molar-refractivity contribution >= 4 is 29.0 Å². The maximum atomic E-state index is 12.2. The van der Waals surface area contributed by atoms with Gasteiger partial charge in [0.25, 0.3) is 10.0 Å². The molecule has 0 spiro atoms. The number of nitriles is 1. The van der Waals surface area contributed by atoms with E-state index >= 15 is 0 Å². The van der Waals surface area contributed by atoms with Crippen LogP contribution in [-0.4, -0.2) is 16.3 Å². The van der Waals surface area contributed by atoms with Crippen molar-refractivity contribution in [3.8, 4) is 6.07 Å². The minimum absolute atomic E-state index is 0.138. The summed E-state index contributed by atoms with van der Waals surface area (Å²) in [5.74, 6) is 0. The van der Waals surface area contributed by atoms with Gasteiger partial charge in [-0.2, -0.15) is 5.26 Å². The Morgan fingerprint density at radius 2 is 1.85 bits per heavy atom. The second kappa shape index (κ2) is 5.39. The van der Waals surface area contributed by atoms with Crippen LogP contribution in [0, 0.1) is 18.3 Å². The standard InChI is InChI=1S/C14H11BN2O2S/c1-10-7-11(9-16)8-13(14(10)15)17-20(18,19)12-5-3-2-4-6-12/h2-8,17H,1H3. The molecule has 0 unspecified atom stereocenters. The Labute approximate surface area is 119 Å². The summed E-state index contributed by atoms with van der Waals surface area (Å²) in [5.41, 5.74) is 1.52. The number of anilines is 1. The zero-order chi connectivity index (χ0) is 14.8. The summed E-state index contributed by atoms with van der Waals surface area (Å²) >= 11 is 0. The molecule has 0 bridgehead atoms. The SMILES string of the molecule is [B]c1c(C)cc(C#N)cc1NS(=O)(=O)c1ccccc1. The van der Waals surface area contributed by atoms with Crippen LogP contribution in [-0.2, 0) is 10.0 Å². The second-order valence-electron chi connectivity index (χ2n) is 4.28. The van der Waals surface area contributed by atoms with E-state index in [0.717, 1.165) is 0 Å². The first kappa shape index (κ1) is 14.2. The first-order valence-electron chi connectivity index (χ1n) is 5.82. The van der Waals surface area contributed by atoms with E-state index < -0.39 is 10.0 Å². The van der Waals surface area contributed by atoms with Gasteiger partial charge in [0.15, 0.2) is 0 Å². The topological polar surface area (TPSA) is 70.0 Å². The molecule has 0 atom stereocenters. The molecule has 0 fully saturated rings. The van der Waals surface area contributed by atoms with Crippen LogP contribution in [0.15, 0.2) is 47.4 Å². The van der Waals surface area contributed by atoms with E-state index in [0.29, 0.717) is 16.6 Å². The Morgan fingerprint density at radius 3 is 2.45 bits per heavy atom. The van der Waals surface area contributed by atoms with Crippen LogP contribution in [0.5, 0.6) is 0 Å². The quantitative estimate of drug-likeness (QED) is 0.866. The highest BCUT2D eigenvalue weighted by Crippen LogP contribution is 2.16. The van der Waals surface area contributed by atoms with Crippen molar-refractivity contribution in [1.29, 1.82) is 5.26 Å². The minimum Gasteiger partial charge on any atom is -0.280 e. The van der Waals surface area contributed by atoms with E-state index in [4.69, 9.17) is 13.1 Å². The summed E-state index contributed by atoms with van der Waals surface area (Å²) in [6.45, 7) is 1.72. The van der Waals surface area contributed by atoms with Crippen LogP contribution in [0.2, 0.25) is 0 Å². The van der Waals surface area contributed by atoms with E-state index in [9.17, 15) is 8.42 Å². The zero-order valence-corrected chi connectivity index (χ0v) is 11.6. The molecule has 0 aliphatic heterocycles. The third kappa shape index (κ3) is 2.84. The lowest BCUT2D eigenvalue weighted by atomic mass is 9.88. The van der Waals surface area contributed by atoms with Gasteiger partial charge in [0.1, 0.15) is 7.85 Å². The average molecular weight is 282 g/mol. The van der Waals surface area contributed by atoms with Crippen molar-refractivity contribution in [3.05, 3.63) is 53.6 Å². The molecule has 0 amide bonds. The molecule has 0 saturated heterocycles. The van der Waals surface area contributed by atoms with Crippen molar-refractivity contribution < 1.29 is 8.42 Å². The number of benzene rings is 2. The molecule has 6 heteroatoms. The largest absolute Gasteiger partial charge is 0.280 e. The summed E-state index contributed by atoms with van der Waals surface area (Å²) in [6, 6.07) is 13.0. The third-order valence-electron chi connectivity index (χ3n) is 2.81. The number of nitrogens with one attached hydrogen (secondary N) is 1. The molecular weight excluding hydrogens is 271 g/mol. The Hall–Kier alpha value is -2.26. The summed E-state index contributed by atoms with van der Waals surface area (Å²) in [7, 11) is 2.14. The number of aryl methyl sites for hydroxylation is 1. The number of hydrogen-bond donors (Lipinski definition) is 1. The fraction of sp³-hybridized carbons (Fsp3) is 0.0714. The summed E-state index contributed by atoms with van der Waals surface area (Å²) < 4.78 is 26.8. The highest BCUT2D eigenvalue weighted by Gasteiger charge is 2.15. The number of hydrogen-bond acceptors (Lipinski definition) is 3. The van der Waals surface area contributed by atoms with Gasteiger partial charge in [0.2, 0.25) is 0 Å². The van der Waals surface area contributed by atoms with Crippen LogP contribution in [0.4, 0.5) is 5.69 Å². The number of rotatable bonds is 3. The normalized spacial score (nSPS) is 10.8. The Bertz CT molecular complexity index is 781.